The number of carbonyl (C=O) groups excluding carboxylic acids is 2. The fraction of sp³-hybridized carbons (Fsp3) is 0.556. The van der Waals surface area contributed by atoms with E-state index in [0.717, 1.165) is 24.1 Å². The number of nitrogens with one attached hydrogen (secondary N) is 3. The number of anilines is 1. The van der Waals surface area contributed by atoms with E-state index in [1.807, 2.05) is 19.1 Å². The molecule has 0 aromatic heterocycles. The van der Waals surface area contributed by atoms with Crippen LogP contribution in [-0.4, -0.2) is 24.5 Å². The van der Waals surface area contributed by atoms with Crippen molar-refractivity contribution in [2.45, 2.75) is 57.9 Å². The minimum atomic E-state index is -0.131. The lowest BCUT2D eigenvalue weighted by Gasteiger charge is -2.22. The van der Waals surface area contributed by atoms with Gasteiger partial charge in [0.05, 0.1) is 0 Å². The highest BCUT2D eigenvalue weighted by Gasteiger charge is 2.15. The van der Waals surface area contributed by atoms with Crippen molar-refractivity contribution in [1.29, 1.82) is 0 Å². The summed E-state index contributed by atoms with van der Waals surface area (Å²) in [7, 11) is 0. The van der Waals surface area contributed by atoms with Crippen molar-refractivity contribution in [3.63, 3.8) is 0 Å². The van der Waals surface area contributed by atoms with Crippen LogP contribution in [0, 0.1) is 6.92 Å². The predicted molar refractivity (Wildman–Crippen MR) is 97.5 cm³/mol. The molecule has 6 heteroatoms. The predicted octanol–water partition coefficient (Wildman–Crippen LogP) is 4.00. The topological polar surface area (TPSA) is 70.2 Å². The Bertz CT molecular complexity index is 571. The number of hydrogen-bond donors (Lipinski definition) is 3. The van der Waals surface area contributed by atoms with Crippen LogP contribution < -0.4 is 16.0 Å². The first-order valence-corrected chi connectivity index (χ1v) is 9.03. The first-order valence-electron chi connectivity index (χ1n) is 8.65. The van der Waals surface area contributed by atoms with E-state index in [9.17, 15) is 9.59 Å². The van der Waals surface area contributed by atoms with Crippen molar-refractivity contribution in [2.75, 3.05) is 11.9 Å². The first kappa shape index (κ1) is 18.6. The van der Waals surface area contributed by atoms with Crippen molar-refractivity contribution in [1.82, 2.24) is 10.6 Å². The molecule has 24 heavy (non-hydrogen) atoms. The van der Waals surface area contributed by atoms with Crippen LogP contribution >= 0.6 is 11.6 Å². The molecule has 0 heterocycles. The summed E-state index contributed by atoms with van der Waals surface area (Å²) in [6.07, 6.45) is 6.73. The Labute approximate surface area is 148 Å². The Morgan fingerprint density at radius 1 is 1.21 bits per heavy atom. The van der Waals surface area contributed by atoms with Crippen LogP contribution in [0.2, 0.25) is 5.02 Å². The van der Waals surface area contributed by atoms with E-state index in [4.69, 9.17) is 11.6 Å². The molecule has 1 saturated carbocycles. The number of carbonyl (C=O) groups is 2. The maximum Gasteiger partial charge on any atom is 0.315 e. The van der Waals surface area contributed by atoms with Gasteiger partial charge in [0.25, 0.3) is 0 Å². The number of hydrogen-bond acceptors (Lipinski definition) is 2. The minimum Gasteiger partial charge on any atom is -0.338 e. The highest BCUT2D eigenvalue weighted by molar-refractivity contribution is 6.31. The molecule has 0 aliphatic heterocycles. The van der Waals surface area contributed by atoms with E-state index in [-0.39, 0.29) is 11.9 Å². The van der Waals surface area contributed by atoms with Gasteiger partial charge in [-0.25, -0.2) is 4.79 Å². The van der Waals surface area contributed by atoms with Gasteiger partial charge in [0.2, 0.25) is 5.91 Å². The largest absolute Gasteiger partial charge is 0.338 e. The average Bonchev–Trinajstić information content (AvgIpc) is 2.57. The van der Waals surface area contributed by atoms with E-state index < -0.39 is 0 Å². The quantitative estimate of drug-likeness (QED) is 0.678. The van der Waals surface area contributed by atoms with E-state index in [1.54, 1.807) is 6.07 Å². The molecule has 132 valence electrons. The zero-order valence-corrected chi connectivity index (χ0v) is 14.9. The number of amides is 3. The van der Waals surface area contributed by atoms with Crippen molar-refractivity contribution in [3.8, 4) is 0 Å². The summed E-state index contributed by atoms with van der Waals surface area (Å²) in [5.74, 6) is -0.0742. The molecule has 0 saturated heterocycles. The molecule has 1 fully saturated rings. The summed E-state index contributed by atoms with van der Waals surface area (Å²) in [4.78, 5) is 23.7. The second-order valence-corrected chi connectivity index (χ2v) is 6.71. The molecule has 1 aromatic carbocycles. The molecule has 0 spiro atoms. The van der Waals surface area contributed by atoms with Gasteiger partial charge in [0.1, 0.15) is 0 Å². The summed E-state index contributed by atoms with van der Waals surface area (Å²) >= 11 is 6.03. The molecular formula is C18H26ClN3O2. The average molecular weight is 352 g/mol. The third-order valence-electron chi connectivity index (χ3n) is 4.35. The van der Waals surface area contributed by atoms with Gasteiger partial charge in [-0.3, -0.25) is 4.79 Å². The molecule has 1 aliphatic carbocycles. The van der Waals surface area contributed by atoms with Gasteiger partial charge in [-0.05, 0) is 43.9 Å². The lowest BCUT2D eigenvalue weighted by atomic mass is 9.96. The fourth-order valence-corrected chi connectivity index (χ4v) is 3.06. The number of urea groups is 1. The Hall–Kier alpha value is -1.75. The Balaban J connectivity index is 1.62. The van der Waals surface area contributed by atoms with Gasteiger partial charge < -0.3 is 16.0 Å². The Morgan fingerprint density at radius 2 is 1.96 bits per heavy atom. The molecule has 0 atom stereocenters. The van der Waals surface area contributed by atoms with E-state index >= 15 is 0 Å². The van der Waals surface area contributed by atoms with Crippen LogP contribution in [0.4, 0.5) is 10.5 Å². The second kappa shape index (κ2) is 9.52. The van der Waals surface area contributed by atoms with E-state index in [1.165, 1.54) is 19.3 Å². The number of halogens is 1. The van der Waals surface area contributed by atoms with Crippen LogP contribution in [0.1, 0.15) is 50.5 Å². The second-order valence-electron chi connectivity index (χ2n) is 6.30. The fourth-order valence-electron chi connectivity index (χ4n) is 2.89. The van der Waals surface area contributed by atoms with Crippen molar-refractivity contribution < 1.29 is 9.59 Å². The van der Waals surface area contributed by atoms with Crippen LogP contribution in [0.3, 0.4) is 0 Å². The van der Waals surface area contributed by atoms with Gasteiger partial charge in [-0.1, -0.05) is 36.9 Å². The number of benzene rings is 1. The van der Waals surface area contributed by atoms with Gasteiger partial charge in [-0.2, -0.15) is 0 Å². The lowest BCUT2D eigenvalue weighted by Crippen LogP contribution is -2.43. The number of rotatable bonds is 6. The van der Waals surface area contributed by atoms with Gasteiger partial charge in [0.15, 0.2) is 0 Å². The molecule has 3 N–H and O–H groups in total. The maximum atomic E-state index is 12.0. The zero-order chi connectivity index (χ0) is 17.4. The summed E-state index contributed by atoms with van der Waals surface area (Å²) in [5, 5.41) is 9.30. The van der Waals surface area contributed by atoms with Crippen LogP contribution in [0.15, 0.2) is 18.2 Å². The van der Waals surface area contributed by atoms with Crippen molar-refractivity contribution in [2.24, 2.45) is 0 Å². The normalized spacial score (nSPS) is 14.9. The summed E-state index contributed by atoms with van der Waals surface area (Å²) in [5.41, 5.74) is 1.59. The smallest absolute Gasteiger partial charge is 0.315 e. The highest BCUT2D eigenvalue weighted by Crippen LogP contribution is 2.23. The van der Waals surface area contributed by atoms with Crippen LogP contribution in [0.25, 0.3) is 0 Å². The summed E-state index contributed by atoms with van der Waals surface area (Å²) in [6.45, 7) is 2.36. The Kier molecular flexibility index (Phi) is 7.37. The molecule has 5 nitrogen and oxygen atoms in total. The SMILES string of the molecule is Cc1c(Cl)cccc1NC(=O)CCCNC(=O)NC1CCCCC1. The van der Waals surface area contributed by atoms with Crippen LogP contribution in [-0.2, 0) is 4.79 Å². The summed E-state index contributed by atoms with van der Waals surface area (Å²) < 4.78 is 0. The third kappa shape index (κ3) is 6.04. The van der Waals surface area contributed by atoms with Gasteiger partial charge >= 0.3 is 6.03 Å². The first-order chi connectivity index (χ1) is 11.6. The Morgan fingerprint density at radius 3 is 2.71 bits per heavy atom. The highest BCUT2D eigenvalue weighted by atomic mass is 35.5. The lowest BCUT2D eigenvalue weighted by molar-refractivity contribution is -0.116. The van der Waals surface area contributed by atoms with Gasteiger partial charge in [0, 0.05) is 29.7 Å². The third-order valence-corrected chi connectivity index (χ3v) is 4.76. The molecule has 0 radical (unpaired) electrons. The van der Waals surface area contributed by atoms with E-state index in [0.29, 0.717) is 30.5 Å². The molecule has 0 bridgehead atoms. The van der Waals surface area contributed by atoms with E-state index in [2.05, 4.69) is 16.0 Å². The zero-order valence-electron chi connectivity index (χ0n) is 14.2. The molecule has 3 amide bonds. The van der Waals surface area contributed by atoms with Crippen LogP contribution in [0.5, 0.6) is 0 Å². The van der Waals surface area contributed by atoms with Crippen molar-refractivity contribution >= 4 is 29.2 Å². The molecular weight excluding hydrogens is 326 g/mol. The van der Waals surface area contributed by atoms with Gasteiger partial charge in [-0.15, -0.1) is 0 Å². The standard InChI is InChI=1S/C18H26ClN3O2/c1-13-15(19)9-5-10-16(13)22-17(23)11-6-12-20-18(24)21-14-7-3-2-4-8-14/h5,9-10,14H,2-4,6-8,11-12H2,1H3,(H,22,23)(H2,20,21,24). The minimum absolute atomic E-state index is 0.0742. The maximum absolute atomic E-state index is 12.0. The molecule has 1 aliphatic rings. The summed E-state index contributed by atoms with van der Waals surface area (Å²) in [6, 6.07) is 5.60. The molecule has 2 rings (SSSR count). The molecule has 0 unspecified atom stereocenters. The molecule has 1 aromatic rings. The monoisotopic (exact) mass is 351 g/mol. The van der Waals surface area contributed by atoms with Crippen molar-refractivity contribution in [3.05, 3.63) is 28.8 Å².